The summed E-state index contributed by atoms with van der Waals surface area (Å²) >= 11 is 0. The van der Waals surface area contributed by atoms with Crippen LogP contribution >= 0.6 is 0 Å². The summed E-state index contributed by atoms with van der Waals surface area (Å²) in [6.07, 6.45) is 3.37. The second-order valence-corrected chi connectivity index (χ2v) is 4.01. The molecule has 0 spiro atoms. The van der Waals surface area contributed by atoms with Gasteiger partial charge in [-0.1, -0.05) is 0 Å². The number of nitrogens with one attached hydrogen (secondary N) is 1. The predicted molar refractivity (Wildman–Crippen MR) is 70.2 cm³/mol. The highest BCUT2D eigenvalue weighted by Crippen LogP contribution is 2.16. The van der Waals surface area contributed by atoms with Gasteiger partial charge in [0, 0.05) is 24.5 Å². The van der Waals surface area contributed by atoms with E-state index in [0.717, 1.165) is 11.3 Å². The molecule has 2 aromatic heterocycles. The molecule has 0 bridgehead atoms. The predicted octanol–water partition coefficient (Wildman–Crippen LogP) is 2.20. The summed E-state index contributed by atoms with van der Waals surface area (Å²) in [6, 6.07) is 7.33. The van der Waals surface area contributed by atoms with E-state index in [1.165, 1.54) is 0 Å². The molecule has 0 aromatic carbocycles. The van der Waals surface area contributed by atoms with Gasteiger partial charge in [-0.3, -0.25) is 14.8 Å². The largest absolute Gasteiger partial charge is 0.352 e. The summed E-state index contributed by atoms with van der Waals surface area (Å²) in [6.45, 7) is 4.50. The molecule has 92 valence electrons. The van der Waals surface area contributed by atoms with Crippen molar-refractivity contribution >= 4 is 5.91 Å². The van der Waals surface area contributed by atoms with Crippen LogP contribution in [0.1, 0.15) is 22.8 Å². The molecular formula is C14H15N3O. The van der Waals surface area contributed by atoms with Crippen molar-refractivity contribution in [3.63, 3.8) is 0 Å². The average Bonchev–Trinajstić information content (AvgIpc) is 2.39. The minimum Gasteiger partial charge on any atom is -0.352 e. The molecule has 2 aromatic rings. The molecule has 0 unspecified atom stereocenters. The molecule has 0 saturated heterocycles. The van der Waals surface area contributed by atoms with Crippen LogP contribution in [0.3, 0.4) is 0 Å². The number of aromatic nitrogens is 2. The van der Waals surface area contributed by atoms with Crippen molar-refractivity contribution in [3.05, 3.63) is 47.8 Å². The Balaban J connectivity index is 2.35. The molecule has 4 heteroatoms. The molecule has 1 amide bonds. The van der Waals surface area contributed by atoms with Gasteiger partial charge in [-0.15, -0.1) is 0 Å². The molecule has 18 heavy (non-hydrogen) atoms. The van der Waals surface area contributed by atoms with Crippen LogP contribution in [0, 0.1) is 6.92 Å². The fraction of sp³-hybridized carbons (Fsp3) is 0.214. The van der Waals surface area contributed by atoms with Crippen molar-refractivity contribution < 1.29 is 4.79 Å². The van der Waals surface area contributed by atoms with Crippen LogP contribution in [-0.2, 0) is 0 Å². The van der Waals surface area contributed by atoms with Gasteiger partial charge >= 0.3 is 0 Å². The topological polar surface area (TPSA) is 54.9 Å². The van der Waals surface area contributed by atoms with E-state index >= 15 is 0 Å². The van der Waals surface area contributed by atoms with Gasteiger partial charge < -0.3 is 5.32 Å². The SMILES string of the molecule is CCNC(=O)c1ccnc(-c2cc(C)ccn2)c1. The smallest absolute Gasteiger partial charge is 0.251 e. The van der Waals surface area contributed by atoms with Gasteiger partial charge in [-0.25, -0.2) is 0 Å². The van der Waals surface area contributed by atoms with E-state index in [9.17, 15) is 4.79 Å². The zero-order valence-electron chi connectivity index (χ0n) is 10.5. The summed E-state index contributed by atoms with van der Waals surface area (Å²) in [4.78, 5) is 20.2. The second kappa shape index (κ2) is 5.40. The highest BCUT2D eigenvalue weighted by molar-refractivity contribution is 5.94. The van der Waals surface area contributed by atoms with Crippen molar-refractivity contribution in [3.8, 4) is 11.4 Å². The van der Waals surface area contributed by atoms with Crippen molar-refractivity contribution in [2.75, 3.05) is 6.54 Å². The summed E-state index contributed by atoms with van der Waals surface area (Å²) < 4.78 is 0. The number of hydrogen-bond acceptors (Lipinski definition) is 3. The van der Waals surface area contributed by atoms with Crippen LogP contribution in [0.2, 0.25) is 0 Å². The molecule has 4 nitrogen and oxygen atoms in total. The van der Waals surface area contributed by atoms with Crippen LogP contribution in [-0.4, -0.2) is 22.4 Å². The minimum atomic E-state index is -0.0891. The van der Waals surface area contributed by atoms with Crippen molar-refractivity contribution in [2.24, 2.45) is 0 Å². The molecule has 0 fully saturated rings. The van der Waals surface area contributed by atoms with E-state index in [2.05, 4.69) is 15.3 Å². The normalized spacial score (nSPS) is 10.1. The maximum absolute atomic E-state index is 11.7. The molecule has 0 aliphatic carbocycles. The molecule has 1 N–H and O–H groups in total. The number of carbonyl (C=O) groups is 1. The lowest BCUT2D eigenvalue weighted by molar-refractivity contribution is 0.0956. The number of rotatable bonds is 3. The highest BCUT2D eigenvalue weighted by atomic mass is 16.1. The van der Waals surface area contributed by atoms with Gasteiger partial charge in [0.1, 0.15) is 0 Å². The monoisotopic (exact) mass is 241 g/mol. The Morgan fingerprint density at radius 2 is 1.83 bits per heavy atom. The molecule has 2 heterocycles. The van der Waals surface area contributed by atoms with Crippen LogP contribution in [0.15, 0.2) is 36.7 Å². The Labute approximate surface area is 106 Å². The van der Waals surface area contributed by atoms with E-state index in [4.69, 9.17) is 0 Å². The Bertz CT molecular complexity index is 566. The van der Waals surface area contributed by atoms with Crippen molar-refractivity contribution in [1.29, 1.82) is 0 Å². The molecular weight excluding hydrogens is 226 g/mol. The lowest BCUT2D eigenvalue weighted by Gasteiger charge is -2.05. The van der Waals surface area contributed by atoms with Gasteiger partial charge in [0.15, 0.2) is 0 Å². The first-order valence-corrected chi connectivity index (χ1v) is 5.88. The first kappa shape index (κ1) is 12.2. The maximum Gasteiger partial charge on any atom is 0.251 e. The number of pyridine rings is 2. The fourth-order valence-corrected chi connectivity index (χ4v) is 1.65. The van der Waals surface area contributed by atoms with E-state index < -0.39 is 0 Å². The van der Waals surface area contributed by atoms with E-state index in [1.807, 2.05) is 26.0 Å². The lowest BCUT2D eigenvalue weighted by Crippen LogP contribution is -2.22. The van der Waals surface area contributed by atoms with Gasteiger partial charge in [-0.2, -0.15) is 0 Å². The van der Waals surface area contributed by atoms with Crippen LogP contribution in [0.5, 0.6) is 0 Å². The first-order valence-electron chi connectivity index (χ1n) is 5.88. The van der Waals surface area contributed by atoms with Gasteiger partial charge in [0.2, 0.25) is 0 Å². The zero-order valence-corrected chi connectivity index (χ0v) is 10.5. The van der Waals surface area contributed by atoms with Gasteiger partial charge in [0.25, 0.3) is 5.91 Å². The first-order chi connectivity index (χ1) is 8.70. The van der Waals surface area contributed by atoms with Crippen molar-refractivity contribution in [2.45, 2.75) is 13.8 Å². The minimum absolute atomic E-state index is 0.0891. The van der Waals surface area contributed by atoms with E-state index in [-0.39, 0.29) is 5.91 Å². The third-order valence-electron chi connectivity index (χ3n) is 2.54. The Morgan fingerprint density at radius 3 is 2.50 bits per heavy atom. The molecule has 0 atom stereocenters. The molecule has 0 radical (unpaired) electrons. The average molecular weight is 241 g/mol. The third kappa shape index (κ3) is 2.71. The third-order valence-corrected chi connectivity index (χ3v) is 2.54. The molecule has 2 rings (SSSR count). The van der Waals surface area contributed by atoms with Gasteiger partial charge in [0.05, 0.1) is 11.4 Å². The summed E-state index contributed by atoms with van der Waals surface area (Å²) in [7, 11) is 0. The number of nitrogens with zero attached hydrogens (tertiary/aromatic N) is 2. The van der Waals surface area contributed by atoms with Gasteiger partial charge in [-0.05, 0) is 43.7 Å². The Morgan fingerprint density at radius 1 is 1.17 bits per heavy atom. The van der Waals surface area contributed by atoms with Crippen molar-refractivity contribution in [1.82, 2.24) is 15.3 Å². The molecule has 0 saturated carbocycles. The Kier molecular flexibility index (Phi) is 3.67. The summed E-state index contributed by atoms with van der Waals surface area (Å²) in [5.41, 5.74) is 3.21. The van der Waals surface area contributed by atoms with Crippen LogP contribution in [0.25, 0.3) is 11.4 Å². The number of carbonyl (C=O) groups excluding carboxylic acids is 1. The highest BCUT2D eigenvalue weighted by Gasteiger charge is 2.07. The maximum atomic E-state index is 11.7. The second-order valence-electron chi connectivity index (χ2n) is 4.01. The lowest BCUT2D eigenvalue weighted by atomic mass is 10.1. The van der Waals surface area contributed by atoms with E-state index in [0.29, 0.717) is 17.8 Å². The number of hydrogen-bond donors (Lipinski definition) is 1. The summed E-state index contributed by atoms with van der Waals surface area (Å²) in [5, 5.41) is 2.76. The number of aryl methyl sites for hydroxylation is 1. The fourth-order valence-electron chi connectivity index (χ4n) is 1.65. The van der Waals surface area contributed by atoms with Crippen LogP contribution in [0.4, 0.5) is 0 Å². The quantitative estimate of drug-likeness (QED) is 0.896. The standard InChI is InChI=1S/C14H15N3O/c1-3-15-14(18)11-5-7-17-13(9-11)12-8-10(2)4-6-16-12/h4-9H,3H2,1-2H3,(H,15,18). The van der Waals surface area contributed by atoms with Crippen LogP contribution < -0.4 is 5.32 Å². The van der Waals surface area contributed by atoms with E-state index in [1.54, 1.807) is 24.5 Å². The molecule has 0 aliphatic heterocycles. The molecule has 0 aliphatic rings. The summed E-state index contributed by atoms with van der Waals surface area (Å²) in [5.74, 6) is -0.0891. The zero-order chi connectivity index (χ0) is 13.0. The number of amides is 1. The Hall–Kier alpha value is -2.23.